The van der Waals surface area contributed by atoms with E-state index >= 15 is 0 Å². The summed E-state index contributed by atoms with van der Waals surface area (Å²) in [5.41, 5.74) is 2.25. The molecule has 0 radical (unpaired) electrons. The molecule has 1 unspecified atom stereocenters. The topological polar surface area (TPSA) is 48.4 Å². The normalized spacial score (nSPS) is 12.3. The number of esters is 1. The van der Waals surface area contributed by atoms with Crippen molar-refractivity contribution in [1.82, 2.24) is 4.98 Å². The second kappa shape index (κ2) is 12.4. The van der Waals surface area contributed by atoms with Gasteiger partial charge in [0.1, 0.15) is 11.9 Å². The van der Waals surface area contributed by atoms with Crippen LogP contribution in [0.2, 0.25) is 0 Å². The molecule has 7 heteroatoms. The molecule has 0 aliphatic heterocycles. The first-order chi connectivity index (χ1) is 16.8. The van der Waals surface area contributed by atoms with Gasteiger partial charge in [0.2, 0.25) is 0 Å². The summed E-state index contributed by atoms with van der Waals surface area (Å²) in [5.74, 6) is 0.471. The number of carbonyl (C=O) groups excluding carboxylic acids is 1. The van der Waals surface area contributed by atoms with Crippen LogP contribution in [-0.2, 0) is 22.1 Å². The van der Waals surface area contributed by atoms with E-state index in [9.17, 15) is 18.0 Å². The Hall–Kier alpha value is -3.35. The number of halogens is 3. The zero-order valence-corrected chi connectivity index (χ0v) is 20.0. The Morgan fingerprint density at radius 1 is 0.971 bits per heavy atom. The van der Waals surface area contributed by atoms with Gasteiger partial charge in [0, 0.05) is 12.0 Å². The molecule has 1 atom stereocenters. The number of hydrogen-bond donors (Lipinski definition) is 0. The summed E-state index contributed by atoms with van der Waals surface area (Å²) >= 11 is 0. The van der Waals surface area contributed by atoms with Gasteiger partial charge in [0.25, 0.3) is 0 Å². The lowest BCUT2D eigenvalue weighted by molar-refractivity contribution is -0.143. The maximum absolute atomic E-state index is 12.9. The van der Waals surface area contributed by atoms with E-state index in [2.05, 4.69) is 6.92 Å². The average Bonchev–Trinajstić information content (AvgIpc) is 2.86. The number of hydrogen-bond acceptors (Lipinski definition) is 4. The number of nitrogens with zero attached hydrogens (tertiary/aromatic N) is 1. The Bertz CT molecular complexity index is 1080. The maximum atomic E-state index is 12.9. The van der Waals surface area contributed by atoms with Gasteiger partial charge in [-0.05, 0) is 68.1 Å². The first-order valence-electron chi connectivity index (χ1n) is 11.9. The zero-order chi connectivity index (χ0) is 25.3. The number of alkyl halides is 3. The van der Waals surface area contributed by atoms with Crippen LogP contribution in [0.5, 0.6) is 5.75 Å². The third-order valence-corrected chi connectivity index (χ3v) is 5.55. The highest BCUT2D eigenvalue weighted by Gasteiger charge is 2.30. The number of ether oxygens (including phenoxy) is 2. The van der Waals surface area contributed by atoms with Crippen LogP contribution in [0, 0.1) is 0 Å². The van der Waals surface area contributed by atoms with Crippen LogP contribution in [0.15, 0.2) is 66.7 Å². The SMILES string of the molecule is CCCCC(Oc1ccc(CCC(=O)OCC)cc1)c1cccc(-c2ccc(C(F)(F)F)cc2)n1. The molecule has 186 valence electrons. The van der Waals surface area contributed by atoms with Crippen molar-refractivity contribution < 1.29 is 27.4 Å². The lowest BCUT2D eigenvalue weighted by Gasteiger charge is -2.20. The lowest BCUT2D eigenvalue weighted by Crippen LogP contribution is -2.10. The van der Waals surface area contributed by atoms with Crippen LogP contribution in [-0.4, -0.2) is 17.6 Å². The van der Waals surface area contributed by atoms with Gasteiger partial charge >= 0.3 is 12.1 Å². The molecule has 4 nitrogen and oxygen atoms in total. The molecule has 0 fully saturated rings. The van der Waals surface area contributed by atoms with Crippen molar-refractivity contribution in [3.05, 3.63) is 83.6 Å². The van der Waals surface area contributed by atoms with E-state index in [0.717, 1.165) is 42.7 Å². The molecule has 0 aliphatic rings. The largest absolute Gasteiger partial charge is 0.484 e. The molecular weight excluding hydrogens is 455 g/mol. The predicted octanol–water partition coefficient (Wildman–Crippen LogP) is 7.57. The number of pyridine rings is 1. The first kappa shape index (κ1) is 26.3. The molecule has 0 saturated heterocycles. The Morgan fingerprint density at radius 2 is 1.69 bits per heavy atom. The second-order valence-electron chi connectivity index (χ2n) is 8.22. The van der Waals surface area contributed by atoms with Crippen LogP contribution in [0.4, 0.5) is 13.2 Å². The molecule has 1 heterocycles. The third kappa shape index (κ3) is 7.84. The Kier molecular flexibility index (Phi) is 9.29. The Balaban J connectivity index is 1.74. The van der Waals surface area contributed by atoms with Crippen LogP contribution < -0.4 is 4.74 Å². The smallest absolute Gasteiger partial charge is 0.416 e. The molecule has 0 bridgehead atoms. The fourth-order valence-electron chi connectivity index (χ4n) is 3.66. The summed E-state index contributed by atoms with van der Waals surface area (Å²) in [4.78, 5) is 16.3. The van der Waals surface area contributed by atoms with Crippen molar-refractivity contribution in [1.29, 1.82) is 0 Å². The van der Waals surface area contributed by atoms with Crippen LogP contribution in [0.1, 0.15) is 62.5 Å². The van der Waals surface area contributed by atoms with Gasteiger partial charge in [-0.25, -0.2) is 4.98 Å². The van der Waals surface area contributed by atoms with Gasteiger partial charge in [0.05, 0.1) is 23.6 Å². The monoisotopic (exact) mass is 485 g/mol. The van der Waals surface area contributed by atoms with Gasteiger partial charge in [-0.3, -0.25) is 4.79 Å². The molecular formula is C28H30F3NO3. The molecule has 3 rings (SSSR count). The van der Waals surface area contributed by atoms with Crippen LogP contribution in [0.3, 0.4) is 0 Å². The van der Waals surface area contributed by atoms with Crippen molar-refractivity contribution in [3.8, 4) is 17.0 Å². The molecule has 0 spiro atoms. The quantitative estimate of drug-likeness (QED) is 0.263. The molecule has 0 N–H and O–H groups in total. The highest BCUT2D eigenvalue weighted by molar-refractivity contribution is 5.69. The molecule has 3 aromatic rings. The maximum Gasteiger partial charge on any atom is 0.416 e. The number of carbonyl (C=O) groups is 1. The number of benzene rings is 2. The van der Waals surface area contributed by atoms with Crippen molar-refractivity contribution in [2.24, 2.45) is 0 Å². The summed E-state index contributed by atoms with van der Waals surface area (Å²) in [7, 11) is 0. The number of aryl methyl sites for hydroxylation is 1. The van der Waals surface area contributed by atoms with Gasteiger partial charge < -0.3 is 9.47 Å². The molecule has 0 saturated carbocycles. The van der Waals surface area contributed by atoms with E-state index in [1.54, 1.807) is 13.0 Å². The number of unbranched alkanes of at least 4 members (excludes halogenated alkanes) is 1. The Labute approximate surface area is 204 Å². The molecule has 2 aromatic carbocycles. The van der Waals surface area contributed by atoms with Gasteiger partial charge in [0.15, 0.2) is 0 Å². The lowest BCUT2D eigenvalue weighted by atomic mass is 10.1. The zero-order valence-electron chi connectivity index (χ0n) is 20.0. The number of aromatic nitrogens is 1. The first-order valence-corrected chi connectivity index (χ1v) is 11.9. The minimum absolute atomic E-state index is 0.216. The second-order valence-corrected chi connectivity index (χ2v) is 8.22. The molecule has 0 aliphatic carbocycles. The molecule has 0 amide bonds. The van der Waals surface area contributed by atoms with Crippen LogP contribution in [0.25, 0.3) is 11.3 Å². The summed E-state index contributed by atoms with van der Waals surface area (Å²) < 4.78 is 49.9. The van der Waals surface area contributed by atoms with E-state index in [0.29, 0.717) is 36.5 Å². The average molecular weight is 486 g/mol. The van der Waals surface area contributed by atoms with E-state index in [1.165, 1.54) is 12.1 Å². The van der Waals surface area contributed by atoms with Gasteiger partial charge in [-0.15, -0.1) is 0 Å². The van der Waals surface area contributed by atoms with Crippen molar-refractivity contribution in [2.75, 3.05) is 6.61 Å². The van der Waals surface area contributed by atoms with Crippen molar-refractivity contribution >= 4 is 5.97 Å². The fourth-order valence-corrected chi connectivity index (χ4v) is 3.66. The van der Waals surface area contributed by atoms with E-state index < -0.39 is 11.7 Å². The summed E-state index contributed by atoms with van der Waals surface area (Å²) in [6, 6.07) is 18.1. The Morgan fingerprint density at radius 3 is 2.31 bits per heavy atom. The van der Waals surface area contributed by atoms with E-state index in [-0.39, 0.29) is 12.1 Å². The van der Waals surface area contributed by atoms with Gasteiger partial charge in [-0.2, -0.15) is 13.2 Å². The minimum Gasteiger partial charge on any atom is -0.484 e. The minimum atomic E-state index is -4.37. The predicted molar refractivity (Wildman–Crippen MR) is 129 cm³/mol. The van der Waals surface area contributed by atoms with E-state index in [4.69, 9.17) is 14.5 Å². The summed E-state index contributed by atoms with van der Waals surface area (Å²) in [6.45, 7) is 4.26. The fraction of sp³-hybridized carbons (Fsp3) is 0.357. The highest BCUT2D eigenvalue weighted by atomic mass is 19.4. The van der Waals surface area contributed by atoms with E-state index in [1.807, 2.05) is 36.4 Å². The number of rotatable bonds is 11. The van der Waals surface area contributed by atoms with Crippen molar-refractivity contribution in [2.45, 2.75) is 58.2 Å². The third-order valence-electron chi connectivity index (χ3n) is 5.55. The van der Waals surface area contributed by atoms with Crippen LogP contribution >= 0.6 is 0 Å². The standard InChI is InChI=1S/C28H30F3NO3/c1-3-5-9-26(35-23-17-10-20(11-18-23)12-19-27(33)34-4-2)25-8-6-7-24(32-25)21-13-15-22(16-14-21)28(29,30)31/h6-8,10-11,13-18,26H,3-5,9,12,19H2,1-2H3. The summed E-state index contributed by atoms with van der Waals surface area (Å²) in [5, 5.41) is 0. The van der Waals surface area contributed by atoms with Crippen molar-refractivity contribution in [3.63, 3.8) is 0 Å². The summed E-state index contributed by atoms with van der Waals surface area (Å²) in [6.07, 6.45) is -1.07. The molecule has 1 aromatic heterocycles. The highest BCUT2D eigenvalue weighted by Crippen LogP contribution is 2.32. The molecule has 35 heavy (non-hydrogen) atoms. The van der Waals surface area contributed by atoms with Gasteiger partial charge in [-0.1, -0.05) is 43.7 Å².